The van der Waals surface area contributed by atoms with Crippen LogP contribution in [0, 0.1) is 5.82 Å². The molecule has 2 atom stereocenters. The van der Waals surface area contributed by atoms with Crippen molar-refractivity contribution in [3.05, 3.63) is 77.4 Å². The fraction of sp³-hybridized carbons (Fsp3) is 0.320. The second kappa shape index (κ2) is 8.67. The molecule has 0 spiro atoms. The molecule has 2 heterocycles. The van der Waals surface area contributed by atoms with Crippen LogP contribution in [0.25, 0.3) is 11.3 Å². The lowest BCUT2D eigenvalue weighted by Crippen LogP contribution is -2.27. The second-order valence-electron chi connectivity index (χ2n) is 8.44. The molecule has 1 amide bonds. The molecule has 1 unspecified atom stereocenters. The lowest BCUT2D eigenvalue weighted by molar-refractivity contribution is 0.0844. The molecule has 3 aromatic rings. The Labute approximate surface area is 186 Å². The molecule has 1 saturated heterocycles. The van der Waals surface area contributed by atoms with Crippen molar-refractivity contribution in [3.8, 4) is 11.3 Å². The average Bonchev–Trinajstić information content (AvgIpc) is 3.59. The molecular weight excluding hydrogens is 407 g/mol. The molecule has 1 aromatic heterocycles. The van der Waals surface area contributed by atoms with Gasteiger partial charge in [-0.25, -0.2) is 14.4 Å². The zero-order valence-corrected chi connectivity index (χ0v) is 17.6. The number of nitrogens with zero attached hydrogens (tertiary/aromatic N) is 2. The molecule has 2 aliphatic rings. The van der Waals surface area contributed by atoms with E-state index in [1.54, 1.807) is 12.3 Å². The summed E-state index contributed by atoms with van der Waals surface area (Å²) >= 11 is 0. The molecule has 2 aromatic carbocycles. The van der Waals surface area contributed by atoms with Gasteiger partial charge in [-0.15, -0.1) is 0 Å². The van der Waals surface area contributed by atoms with Crippen LogP contribution < -0.4 is 11.1 Å². The first kappa shape index (κ1) is 20.6. The molecule has 1 saturated carbocycles. The Bertz CT molecular complexity index is 1130. The molecule has 0 radical (unpaired) electrons. The monoisotopic (exact) mass is 432 g/mol. The minimum atomic E-state index is -0.602. The Morgan fingerprint density at radius 1 is 1.12 bits per heavy atom. The number of nitrogens with two attached hydrogens (primary N) is 1. The van der Waals surface area contributed by atoms with Gasteiger partial charge in [0.2, 0.25) is 0 Å². The number of amides is 1. The maximum atomic E-state index is 14.9. The molecule has 164 valence electrons. The van der Waals surface area contributed by atoms with Gasteiger partial charge in [0.25, 0.3) is 5.91 Å². The number of ether oxygens (including phenoxy) is 1. The van der Waals surface area contributed by atoms with Gasteiger partial charge in [-0.05, 0) is 37.0 Å². The van der Waals surface area contributed by atoms with Crippen LogP contribution in [0.2, 0.25) is 0 Å². The van der Waals surface area contributed by atoms with Gasteiger partial charge in [-0.1, -0.05) is 36.4 Å². The molecule has 1 aliphatic heterocycles. The lowest BCUT2D eigenvalue weighted by Gasteiger charge is -2.22. The Balaban J connectivity index is 1.32. The van der Waals surface area contributed by atoms with E-state index in [-0.39, 0.29) is 29.3 Å². The van der Waals surface area contributed by atoms with Crippen LogP contribution in [0.4, 0.5) is 10.2 Å². The van der Waals surface area contributed by atoms with Gasteiger partial charge in [-0.3, -0.25) is 4.79 Å². The third-order valence-corrected chi connectivity index (χ3v) is 6.28. The SMILES string of the molecule is Nc1ncc(C2CCOCC2)nc1-c1ccc(C(=O)NC2C[C@@H]2c2ccccc2)c(F)c1. The molecule has 5 rings (SSSR count). The van der Waals surface area contributed by atoms with Gasteiger partial charge in [0.15, 0.2) is 0 Å². The third kappa shape index (κ3) is 4.21. The van der Waals surface area contributed by atoms with E-state index < -0.39 is 11.7 Å². The summed E-state index contributed by atoms with van der Waals surface area (Å²) in [6, 6.07) is 14.5. The van der Waals surface area contributed by atoms with Gasteiger partial charge in [0.1, 0.15) is 17.3 Å². The van der Waals surface area contributed by atoms with Gasteiger partial charge in [-0.2, -0.15) is 0 Å². The normalized spacial score (nSPS) is 20.7. The number of nitrogens with one attached hydrogen (secondary N) is 1. The van der Waals surface area contributed by atoms with Crippen LogP contribution in [0.15, 0.2) is 54.7 Å². The number of hydrogen-bond donors (Lipinski definition) is 2. The summed E-state index contributed by atoms with van der Waals surface area (Å²) < 4.78 is 20.3. The van der Waals surface area contributed by atoms with E-state index in [9.17, 15) is 9.18 Å². The maximum absolute atomic E-state index is 14.9. The number of aromatic nitrogens is 2. The number of rotatable bonds is 5. The summed E-state index contributed by atoms with van der Waals surface area (Å²) in [4.78, 5) is 21.6. The molecule has 32 heavy (non-hydrogen) atoms. The fourth-order valence-corrected chi connectivity index (χ4v) is 4.33. The van der Waals surface area contributed by atoms with Crippen LogP contribution >= 0.6 is 0 Å². The summed E-state index contributed by atoms with van der Waals surface area (Å²) in [5, 5.41) is 2.94. The summed E-state index contributed by atoms with van der Waals surface area (Å²) in [6.07, 6.45) is 4.29. The van der Waals surface area contributed by atoms with E-state index in [2.05, 4.69) is 15.3 Å². The summed E-state index contributed by atoms with van der Waals surface area (Å²) in [7, 11) is 0. The summed E-state index contributed by atoms with van der Waals surface area (Å²) in [6.45, 7) is 1.38. The molecule has 6 nitrogen and oxygen atoms in total. The van der Waals surface area contributed by atoms with Gasteiger partial charge < -0.3 is 15.8 Å². The standard InChI is InChI=1S/C25H25FN4O2/c26-20-12-17(23-24(27)28-14-22(29-23)16-8-10-32-11-9-16)6-7-18(20)25(31)30-21-13-19(21)15-4-2-1-3-5-15/h1-7,12,14,16,19,21H,8-11,13H2,(H2,27,28)(H,30,31)/t19-,21?/m1/s1. The van der Waals surface area contributed by atoms with Crippen molar-refractivity contribution in [1.82, 2.24) is 15.3 Å². The Morgan fingerprint density at radius 2 is 1.91 bits per heavy atom. The number of carbonyl (C=O) groups is 1. The fourth-order valence-electron chi connectivity index (χ4n) is 4.33. The maximum Gasteiger partial charge on any atom is 0.254 e. The molecule has 2 fully saturated rings. The zero-order valence-electron chi connectivity index (χ0n) is 17.6. The predicted octanol–water partition coefficient (Wildman–Crippen LogP) is 4.04. The number of nitrogen functional groups attached to an aromatic ring is 1. The van der Waals surface area contributed by atoms with E-state index >= 15 is 0 Å². The highest BCUT2D eigenvalue weighted by Gasteiger charge is 2.39. The van der Waals surface area contributed by atoms with Gasteiger partial charge in [0.05, 0.1) is 17.5 Å². The first-order chi connectivity index (χ1) is 15.6. The van der Waals surface area contributed by atoms with Crippen molar-refractivity contribution in [2.75, 3.05) is 18.9 Å². The highest BCUT2D eigenvalue weighted by Crippen LogP contribution is 2.40. The van der Waals surface area contributed by atoms with Crippen LogP contribution in [0.1, 0.15) is 52.7 Å². The second-order valence-corrected chi connectivity index (χ2v) is 8.44. The topological polar surface area (TPSA) is 90.1 Å². The molecule has 1 aliphatic carbocycles. The number of hydrogen-bond acceptors (Lipinski definition) is 5. The van der Waals surface area contributed by atoms with Crippen molar-refractivity contribution in [3.63, 3.8) is 0 Å². The first-order valence-corrected chi connectivity index (χ1v) is 11.0. The first-order valence-electron chi connectivity index (χ1n) is 11.0. The van der Waals surface area contributed by atoms with E-state index in [1.165, 1.54) is 17.7 Å². The van der Waals surface area contributed by atoms with Crippen LogP contribution in [0.3, 0.4) is 0 Å². The van der Waals surface area contributed by atoms with Crippen molar-refractivity contribution < 1.29 is 13.9 Å². The van der Waals surface area contributed by atoms with Crippen LogP contribution in [-0.2, 0) is 4.74 Å². The smallest absolute Gasteiger partial charge is 0.254 e. The van der Waals surface area contributed by atoms with Crippen LogP contribution in [0.5, 0.6) is 0 Å². The number of benzene rings is 2. The molecule has 3 N–H and O–H groups in total. The highest BCUT2D eigenvalue weighted by molar-refractivity contribution is 5.95. The summed E-state index contributed by atoms with van der Waals surface area (Å²) in [5.74, 6) is -0.241. The van der Waals surface area contributed by atoms with E-state index in [4.69, 9.17) is 10.5 Å². The minimum absolute atomic E-state index is 0.0135. The lowest BCUT2D eigenvalue weighted by atomic mass is 9.96. The molecular formula is C25H25FN4O2. The van der Waals surface area contributed by atoms with E-state index in [0.717, 1.165) is 25.0 Å². The Kier molecular flexibility index (Phi) is 5.57. The van der Waals surface area contributed by atoms with Crippen molar-refractivity contribution in [2.45, 2.75) is 37.1 Å². The zero-order chi connectivity index (χ0) is 22.1. The van der Waals surface area contributed by atoms with Crippen LogP contribution in [-0.4, -0.2) is 35.1 Å². The quantitative estimate of drug-likeness (QED) is 0.635. The molecule has 7 heteroatoms. The van der Waals surface area contributed by atoms with Crippen molar-refractivity contribution >= 4 is 11.7 Å². The largest absolute Gasteiger partial charge is 0.382 e. The summed E-state index contributed by atoms with van der Waals surface area (Å²) in [5.41, 5.74) is 9.02. The average molecular weight is 432 g/mol. The molecule has 0 bridgehead atoms. The Hall–Kier alpha value is -3.32. The van der Waals surface area contributed by atoms with Gasteiger partial charge in [0, 0.05) is 36.7 Å². The van der Waals surface area contributed by atoms with Crippen molar-refractivity contribution in [2.24, 2.45) is 0 Å². The number of anilines is 1. The Morgan fingerprint density at radius 3 is 2.66 bits per heavy atom. The van der Waals surface area contributed by atoms with Crippen molar-refractivity contribution in [1.29, 1.82) is 0 Å². The van der Waals surface area contributed by atoms with Gasteiger partial charge >= 0.3 is 0 Å². The minimum Gasteiger partial charge on any atom is -0.382 e. The van der Waals surface area contributed by atoms with E-state index in [1.807, 2.05) is 30.3 Å². The predicted molar refractivity (Wildman–Crippen MR) is 120 cm³/mol. The van der Waals surface area contributed by atoms with E-state index in [0.29, 0.717) is 24.5 Å². The number of halogens is 1. The third-order valence-electron chi connectivity index (χ3n) is 6.28. The number of carbonyl (C=O) groups excluding carboxylic acids is 1. The highest BCUT2D eigenvalue weighted by atomic mass is 19.1.